The summed E-state index contributed by atoms with van der Waals surface area (Å²) >= 11 is 0. The summed E-state index contributed by atoms with van der Waals surface area (Å²) in [5, 5.41) is 7.19. The molecule has 0 spiro atoms. The number of hydrogen-bond acceptors (Lipinski definition) is 6. The van der Waals surface area contributed by atoms with Crippen molar-refractivity contribution in [1.29, 1.82) is 0 Å². The molecule has 3 rings (SSSR count). The molecule has 0 aliphatic carbocycles. The normalized spacial score (nSPS) is 10.6. The average molecular weight is 295 g/mol. The van der Waals surface area contributed by atoms with Crippen molar-refractivity contribution >= 4 is 5.82 Å². The van der Waals surface area contributed by atoms with E-state index in [1.54, 1.807) is 0 Å². The zero-order valence-electron chi connectivity index (χ0n) is 12.6. The molecule has 112 valence electrons. The molecule has 0 fully saturated rings. The van der Waals surface area contributed by atoms with Gasteiger partial charge in [0.15, 0.2) is 5.82 Å². The lowest BCUT2D eigenvalue weighted by atomic mass is 10.2. The molecule has 0 aliphatic heterocycles. The number of rotatable bonds is 5. The van der Waals surface area contributed by atoms with E-state index in [1.807, 2.05) is 50.2 Å². The molecule has 1 N–H and O–H groups in total. The lowest BCUT2D eigenvalue weighted by Gasteiger charge is -2.05. The van der Waals surface area contributed by atoms with Crippen molar-refractivity contribution in [3.63, 3.8) is 0 Å². The summed E-state index contributed by atoms with van der Waals surface area (Å²) in [6.07, 6.45) is 0.802. The first kappa shape index (κ1) is 14.2. The van der Waals surface area contributed by atoms with Crippen LogP contribution < -0.4 is 5.32 Å². The Kier molecular flexibility index (Phi) is 4.09. The monoisotopic (exact) mass is 295 g/mol. The van der Waals surface area contributed by atoms with Crippen molar-refractivity contribution in [2.75, 3.05) is 5.32 Å². The van der Waals surface area contributed by atoms with Crippen LogP contribution in [0.3, 0.4) is 0 Å². The van der Waals surface area contributed by atoms with Gasteiger partial charge in [-0.15, -0.1) is 0 Å². The summed E-state index contributed by atoms with van der Waals surface area (Å²) in [7, 11) is 0. The molecule has 2 aromatic heterocycles. The van der Waals surface area contributed by atoms with Crippen LogP contribution in [0.5, 0.6) is 0 Å². The van der Waals surface area contributed by atoms with Gasteiger partial charge in [-0.05, 0) is 19.1 Å². The highest BCUT2D eigenvalue weighted by atomic mass is 16.5. The van der Waals surface area contributed by atoms with Crippen LogP contribution in [-0.4, -0.2) is 20.1 Å². The smallest absolute Gasteiger partial charge is 0.257 e. The molecule has 0 atom stereocenters. The van der Waals surface area contributed by atoms with Crippen molar-refractivity contribution in [2.24, 2.45) is 0 Å². The maximum absolute atomic E-state index is 5.27. The van der Waals surface area contributed by atoms with Crippen LogP contribution in [0.15, 0.2) is 40.9 Å². The third-order valence-corrected chi connectivity index (χ3v) is 3.13. The average Bonchev–Trinajstić information content (AvgIpc) is 3.02. The van der Waals surface area contributed by atoms with Crippen LogP contribution in [0.1, 0.15) is 24.3 Å². The van der Waals surface area contributed by atoms with Gasteiger partial charge in [0.25, 0.3) is 5.89 Å². The molecule has 0 amide bonds. The molecule has 0 bridgehead atoms. The molecular weight excluding hydrogens is 278 g/mol. The molecule has 0 saturated heterocycles. The van der Waals surface area contributed by atoms with E-state index in [0.717, 1.165) is 29.3 Å². The van der Waals surface area contributed by atoms with Gasteiger partial charge in [0, 0.05) is 23.7 Å². The Morgan fingerprint density at radius 2 is 1.86 bits per heavy atom. The second kappa shape index (κ2) is 6.34. The van der Waals surface area contributed by atoms with E-state index >= 15 is 0 Å². The zero-order chi connectivity index (χ0) is 15.4. The van der Waals surface area contributed by atoms with E-state index in [2.05, 4.69) is 25.4 Å². The first-order chi connectivity index (χ1) is 10.7. The molecule has 0 radical (unpaired) electrons. The predicted molar refractivity (Wildman–Crippen MR) is 83.2 cm³/mol. The Labute approximate surface area is 128 Å². The topological polar surface area (TPSA) is 76.7 Å². The lowest BCUT2D eigenvalue weighted by molar-refractivity contribution is 0.423. The number of benzene rings is 1. The third-order valence-electron chi connectivity index (χ3n) is 3.13. The predicted octanol–water partition coefficient (Wildman–Crippen LogP) is 3.01. The fourth-order valence-corrected chi connectivity index (χ4v) is 2.07. The van der Waals surface area contributed by atoms with Crippen molar-refractivity contribution < 1.29 is 4.52 Å². The third kappa shape index (κ3) is 3.28. The van der Waals surface area contributed by atoms with E-state index in [0.29, 0.717) is 18.3 Å². The van der Waals surface area contributed by atoms with Gasteiger partial charge in [-0.1, -0.05) is 30.3 Å². The highest BCUT2D eigenvalue weighted by Crippen LogP contribution is 2.16. The van der Waals surface area contributed by atoms with Gasteiger partial charge in [-0.3, -0.25) is 0 Å². The maximum Gasteiger partial charge on any atom is 0.257 e. The van der Waals surface area contributed by atoms with Gasteiger partial charge < -0.3 is 9.84 Å². The van der Waals surface area contributed by atoms with Gasteiger partial charge >= 0.3 is 0 Å². The molecular formula is C16H17N5O. The summed E-state index contributed by atoms with van der Waals surface area (Å²) in [6, 6.07) is 11.6. The summed E-state index contributed by atoms with van der Waals surface area (Å²) in [5.74, 6) is 2.70. The standard InChI is InChI=1S/C16H17N5O/c1-3-13-18-11(2)9-14(19-13)17-10-15-20-16(22-21-15)12-7-5-4-6-8-12/h4-9H,3,10H2,1-2H3,(H,17,18,19). The molecule has 22 heavy (non-hydrogen) atoms. The first-order valence-corrected chi connectivity index (χ1v) is 7.21. The summed E-state index contributed by atoms with van der Waals surface area (Å²) < 4.78 is 5.27. The number of aromatic nitrogens is 4. The van der Waals surface area contributed by atoms with Gasteiger partial charge in [-0.2, -0.15) is 4.98 Å². The summed E-state index contributed by atoms with van der Waals surface area (Å²) in [5.41, 5.74) is 1.85. The molecule has 0 unspecified atom stereocenters. The molecule has 3 aromatic rings. The van der Waals surface area contributed by atoms with Crippen LogP contribution in [0.25, 0.3) is 11.5 Å². The second-order valence-corrected chi connectivity index (χ2v) is 4.90. The number of nitrogens with one attached hydrogen (secondary N) is 1. The quantitative estimate of drug-likeness (QED) is 0.779. The van der Waals surface area contributed by atoms with E-state index in [-0.39, 0.29) is 0 Å². The van der Waals surface area contributed by atoms with Crippen molar-refractivity contribution in [3.8, 4) is 11.5 Å². The van der Waals surface area contributed by atoms with Crippen LogP contribution in [-0.2, 0) is 13.0 Å². The lowest BCUT2D eigenvalue weighted by Crippen LogP contribution is -2.06. The van der Waals surface area contributed by atoms with E-state index < -0.39 is 0 Å². The van der Waals surface area contributed by atoms with Gasteiger partial charge in [0.2, 0.25) is 0 Å². The minimum absolute atomic E-state index is 0.454. The number of nitrogens with zero attached hydrogens (tertiary/aromatic N) is 4. The molecule has 2 heterocycles. The fourth-order valence-electron chi connectivity index (χ4n) is 2.07. The molecule has 0 saturated carbocycles. The Morgan fingerprint density at radius 1 is 1.05 bits per heavy atom. The van der Waals surface area contributed by atoms with Crippen molar-refractivity contribution in [2.45, 2.75) is 26.8 Å². The van der Waals surface area contributed by atoms with Gasteiger partial charge in [0.05, 0.1) is 6.54 Å². The summed E-state index contributed by atoms with van der Waals surface area (Å²) in [4.78, 5) is 13.2. The van der Waals surface area contributed by atoms with Crippen LogP contribution >= 0.6 is 0 Å². The van der Waals surface area contributed by atoms with E-state index in [1.165, 1.54) is 0 Å². The van der Waals surface area contributed by atoms with Crippen LogP contribution in [0, 0.1) is 6.92 Å². The Bertz CT molecular complexity index is 754. The Balaban J connectivity index is 1.70. The van der Waals surface area contributed by atoms with Crippen molar-refractivity contribution in [3.05, 3.63) is 53.7 Å². The molecule has 0 aliphatic rings. The Hall–Kier alpha value is -2.76. The van der Waals surface area contributed by atoms with Crippen LogP contribution in [0.2, 0.25) is 0 Å². The van der Waals surface area contributed by atoms with Crippen LogP contribution in [0.4, 0.5) is 5.82 Å². The number of aryl methyl sites for hydroxylation is 2. The SMILES string of the molecule is CCc1nc(C)cc(NCc2noc(-c3ccccc3)n2)n1. The fraction of sp³-hybridized carbons (Fsp3) is 0.250. The summed E-state index contributed by atoms with van der Waals surface area (Å²) in [6.45, 7) is 4.44. The number of anilines is 1. The molecule has 6 nitrogen and oxygen atoms in total. The zero-order valence-corrected chi connectivity index (χ0v) is 12.6. The van der Waals surface area contributed by atoms with Crippen molar-refractivity contribution in [1.82, 2.24) is 20.1 Å². The van der Waals surface area contributed by atoms with E-state index in [9.17, 15) is 0 Å². The van der Waals surface area contributed by atoms with Gasteiger partial charge in [-0.25, -0.2) is 9.97 Å². The Morgan fingerprint density at radius 3 is 2.64 bits per heavy atom. The minimum atomic E-state index is 0.454. The largest absolute Gasteiger partial charge is 0.363 e. The maximum atomic E-state index is 5.27. The van der Waals surface area contributed by atoms with E-state index in [4.69, 9.17) is 4.52 Å². The number of hydrogen-bond donors (Lipinski definition) is 1. The molecule has 6 heteroatoms. The first-order valence-electron chi connectivity index (χ1n) is 7.21. The highest BCUT2D eigenvalue weighted by molar-refractivity contribution is 5.52. The van der Waals surface area contributed by atoms with Gasteiger partial charge in [0.1, 0.15) is 11.6 Å². The highest BCUT2D eigenvalue weighted by Gasteiger charge is 2.08. The minimum Gasteiger partial charge on any atom is -0.363 e. The molecule has 1 aromatic carbocycles. The second-order valence-electron chi connectivity index (χ2n) is 4.90.